The van der Waals surface area contributed by atoms with Crippen LogP contribution in [0.2, 0.25) is 0 Å². The highest BCUT2D eigenvalue weighted by atomic mass is 16.4. The summed E-state index contributed by atoms with van der Waals surface area (Å²) in [5.41, 5.74) is 4.96. The Labute approximate surface area is 191 Å². The molecule has 0 bridgehead atoms. The van der Waals surface area contributed by atoms with Crippen LogP contribution in [0.4, 0.5) is 11.5 Å². The molecule has 8 heteroatoms. The number of carboxylic acid groups (broad SMARTS) is 1. The molecule has 0 aliphatic rings. The van der Waals surface area contributed by atoms with Gasteiger partial charge in [0.05, 0.1) is 22.3 Å². The Balaban J connectivity index is 1.53. The SMILES string of the molecule is CCNc1cc(-c2cc(NCCn3c(C)cc4cccc(C#N)c43)ncn2)ccc1C(=O)O. The van der Waals surface area contributed by atoms with Gasteiger partial charge in [0.2, 0.25) is 0 Å². The number of fused-ring (bicyclic) bond motifs is 1. The van der Waals surface area contributed by atoms with Crippen LogP contribution in [0.25, 0.3) is 22.2 Å². The molecule has 0 saturated carbocycles. The predicted octanol–water partition coefficient (Wildman–Crippen LogP) is 4.52. The predicted molar refractivity (Wildman–Crippen MR) is 128 cm³/mol. The lowest BCUT2D eigenvalue weighted by atomic mass is 10.1. The molecule has 0 atom stereocenters. The van der Waals surface area contributed by atoms with E-state index in [-0.39, 0.29) is 5.56 Å². The number of benzene rings is 2. The Morgan fingerprint density at radius 1 is 1.15 bits per heavy atom. The number of rotatable bonds is 8. The average Bonchev–Trinajstić information content (AvgIpc) is 3.14. The van der Waals surface area contributed by atoms with Crippen LogP contribution in [0.3, 0.4) is 0 Å². The van der Waals surface area contributed by atoms with E-state index in [0.717, 1.165) is 22.2 Å². The normalized spacial score (nSPS) is 10.7. The van der Waals surface area contributed by atoms with E-state index in [2.05, 4.69) is 37.3 Å². The first-order valence-electron chi connectivity index (χ1n) is 10.7. The number of carbonyl (C=O) groups is 1. The minimum absolute atomic E-state index is 0.221. The summed E-state index contributed by atoms with van der Waals surface area (Å²) >= 11 is 0. The molecule has 0 aliphatic carbocycles. The molecule has 33 heavy (non-hydrogen) atoms. The van der Waals surface area contributed by atoms with Gasteiger partial charge in [0.25, 0.3) is 0 Å². The zero-order chi connectivity index (χ0) is 23.4. The van der Waals surface area contributed by atoms with Crippen molar-refractivity contribution < 1.29 is 9.90 Å². The standard InChI is InChI=1S/C25H24N6O2/c1-3-27-22-12-17(7-8-20(22)25(32)33)21-13-23(30-15-29-21)28-9-10-31-16(2)11-18-5-4-6-19(14-26)24(18)31/h4-8,11-13,15,27H,3,9-10H2,1-2H3,(H,32,33)(H,28,29,30). The molecule has 0 spiro atoms. The molecule has 0 saturated heterocycles. The average molecular weight is 441 g/mol. The van der Waals surface area contributed by atoms with Crippen LogP contribution >= 0.6 is 0 Å². The maximum absolute atomic E-state index is 11.5. The van der Waals surface area contributed by atoms with Crippen molar-refractivity contribution in [2.75, 3.05) is 23.7 Å². The number of carboxylic acids is 1. The molecule has 0 amide bonds. The number of para-hydroxylation sites is 1. The van der Waals surface area contributed by atoms with Gasteiger partial charge in [-0.1, -0.05) is 18.2 Å². The number of aromatic nitrogens is 3. The largest absolute Gasteiger partial charge is 0.478 e. The van der Waals surface area contributed by atoms with E-state index in [0.29, 0.717) is 42.4 Å². The van der Waals surface area contributed by atoms with E-state index in [4.69, 9.17) is 0 Å². The third kappa shape index (κ3) is 4.48. The van der Waals surface area contributed by atoms with Crippen molar-refractivity contribution in [2.24, 2.45) is 0 Å². The van der Waals surface area contributed by atoms with Crippen LogP contribution < -0.4 is 10.6 Å². The molecule has 0 unspecified atom stereocenters. The highest BCUT2D eigenvalue weighted by molar-refractivity contribution is 5.95. The molecule has 2 aromatic heterocycles. The van der Waals surface area contributed by atoms with Crippen LogP contribution in [0, 0.1) is 18.3 Å². The number of aryl methyl sites for hydroxylation is 1. The number of nitriles is 1. The molecule has 4 aromatic rings. The van der Waals surface area contributed by atoms with E-state index in [9.17, 15) is 15.2 Å². The quantitative estimate of drug-likeness (QED) is 0.369. The van der Waals surface area contributed by atoms with Crippen LogP contribution in [-0.2, 0) is 6.54 Å². The first-order valence-corrected chi connectivity index (χ1v) is 10.7. The number of hydrogen-bond acceptors (Lipinski definition) is 6. The molecule has 2 heterocycles. The molecule has 4 rings (SSSR count). The third-order valence-electron chi connectivity index (χ3n) is 5.47. The Kier molecular flexibility index (Phi) is 6.22. The van der Waals surface area contributed by atoms with Gasteiger partial charge < -0.3 is 20.3 Å². The summed E-state index contributed by atoms with van der Waals surface area (Å²) in [6, 6.07) is 17.1. The minimum atomic E-state index is -0.977. The van der Waals surface area contributed by atoms with E-state index >= 15 is 0 Å². The van der Waals surface area contributed by atoms with Crippen molar-refractivity contribution >= 4 is 28.4 Å². The molecular weight excluding hydrogens is 416 g/mol. The Morgan fingerprint density at radius 3 is 2.76 bits per heavy atom. The molecule has 0 fully saturated rings. The highest BCUT2D eigenvalue weighted by Crippen LogP contribution is 2.26. The summed E-state index contributed by atoms with van der Waals surface area (Å²) in [5.74, 6) is -0.308. The van der Waals surface area contributed by atoms with E-state index in [1.807, 2.05) is 38.1 Å². The van der Waals surface area contributed by atoms with Crippen LogP contribution in [0.1, 0.15) is 28.5 Å². The van der Waals surface area contributed by atoms with Crippen molar-refractivity contribution in [2.45, 2.75) is 20.4 Å². The molecule has 0 radical (unpaired) electrons. The first kappa shape index (κ1) is 21.8. The van der Waals surface area contributed by atoms with Gasteiger partial charge >= 0.3 is 5.97 Å². The van der Waals surface area contributed by atoms with Gasteiger partial charge in [0, 0.05) is 48.0 Å². The van der Waals surface area contributed by atoms with Crippen molar-refractivity contribution in [3.05, 3.63) is 71.7 Å². The lowest BCUT2D eigenvalue weighted by Gasteiger charge is -2.12. The summed E-state index contributed by atoms with van der Waals surface area (Å²) < 4.78 is 2.14. The van der Waals surface area contributed by atoms with Gasteiger partial charge in [-0.3, -0.25) is 0 Å². The molecule has 166 valence electrons. The maximum atomic E-state index is 11.5. The molecule has 0 aliphatic heterocycles. The summed E-state index contributed by atoms with van der Waals surface area (Å²) in [7, 11) is 0. The molecule has 3 N–H and O–H groups in total. The topological polar surface area (TPSA) is 116 Å². The lowest BCUT2D eigenvalue weighted by molar-refractivity contribution is 0.0698. The minimum Gasteiger partial charge on any atom is -0.478 e. The highest BCUT2D eigenvalue weighted by Gasteiger charge is 2.13. The van der Waals surface area contributed by atoms with Gasteiger partial charge in [0.1, 0.15) is 18.2 Å². The van der Waals surface area contributed by atoms with Crippen LogP contribution in [0.5, 0.6) is 0 Å². The second-order valence-corrected chi connectivity index (χ2v) is 7.60. The van der Waals surface area contributed by atoms with Crippen molar-refractivity contribution in [1.29, 1.82) is 5.26 Å². The number of anilines is 2. The number of aromatic carboxylic acids is 1. The smallest absolute Gasteiger partial charge is 0.337 e. The second kappa shape index (κ2) is 9.40. The van der Waals surface area contributed by atoms with Crippen LogP contribution in [0.15, 0.2) is 54.9 Å². The van der Waals surface area contributed by atoms with Gasteiger partial charge in [-0.25, -0.2) is 14.8 Å². The number of hydrogen-bond donors (Lipinski definition) is 3. The Hall–Kier alpha value is -4.38. The van der Waals surface area contributed by atoms with Crippen molar-refractivity contribution in [3.8, 4) is 17.3 Å². The zero-order valence-electron chi connectivity index (χ0n) is 18.5. The van der Waals surface area contributed by atoms with E-state index in [1.54, 1.807) is 18.2 Å². The molecule has 2 aromatic carbocycles. The van der Waals surface area contributed by atoms with Gasteiger partial charge in [0.15, 0.2) is 0 Å². The van der Waals surface area contributed by atoms with Gasteiger partial charge in [-0.05, 0) is 38.1 Å². The third-order valence-corrected chi connectivity index (χ3v) is 5.47. The van der Waals surface area contributed by atoms with E-state index in [1.165, 1.54) is 6.33 Å². The summed E-state index contributed by atoms with van der Waals surface area (Å²) in [6.07, 6.45) is 1.49. The monoisotopic (exact) mass is 440 g/mol. The summed E-state index contributed by atoms with van der Waals surface area (Å²) in [6.45, 7) is 5.85. The fourth-order valence-corrected chi connectivity index (χ4v) is 3.97. The lowest BCUT2D eigenvalue weighted by Crippen LogP contribution is -2.12. The Morgan fingerprint density at radius 2 is 2.00 bits per heavy atom. The fourth-order valence-electron chi connectivity index (χ4n) is 3.97. The summed E-state index contributed by atoms with van der Waals surface area (Å²) in [4.78, 5) is 20.1. The Bertz CT molecular complexity index is 1370. The van der Waals surface area contributed by atoms with E-state index < -0.39 is 5.97 Å². The number of nitrogens with one attached hydrogen (secondary N) is 2. The zero-order valence-corrected chi connectivity index (χ0v) is 18.5. The maximum Gasteiger partial charge on any atom is 0.337 e. The van der Waals surface area contributed by atoms with Gasteiger partial charge in [-0.2, -0.15) is 5.26 Å². The number of nitrogens with zero attached hydrogens (tertiary/aromatic N) is 4. The van der Waals surface area contributed by atoms with Gasteiger partial charge in [-0.15, -0.1) is 0 Å². The first-order chi connectivity index (χ1) is 16.0. The second-order valence-electron chi connectivity index (χ2n) is 7.60. The van der Waals surface area contributed by atoms with Crippen molar-refractivity contribution in [1.82, 2.24) is 14.5 Å². The summed E-state index contributed by atoms with van der Waals surface area (Å²) in [5, 5.41) is 26.4. The van der Waals surface area contributed by atoms with Crippen molar-refractivity contribution in [3.63, 3.8) is 0 Å². The fraction of sp³-hybridized carbons (Fsp3) is 0.200. The molecule has 8 nitrogen and oxygen atoms in total. The van der Waals surface area contributed by atoms with Crippen LogP contribution in [-0.4, -0.2) is 38.7 Å². The molecular formula is C25H24N6O2.